The molecule has 39 heavy (non-hydrogen) atoms. The summed E-state index contributed by atoms with van der Waals surface area (Å²) in [6, 6.07) is 15.5. The number of amides is 1. The summed E-state index contributed by atoms with van der Waals surface area (Å²) in [5, 5.41) is 23.0. The predicted octanol–water partition coefficient (Wildman–Crippen LogP) is 4.95. The van der Waals surface area contributed by atoms with Gasteiger partial charge in [0.05, 0.1) is 13.5 Å². The van der Waals surface area contributed by atoms with E-state index in [-0.39, 0.29) is 25.0 Å². The van der Waals surface area contributed by atoms with Crippen molar-refractivity contribution in [1.29, 1.82) is 0 Å². The van der Waals surface area contributed by atoms with E-state index < -0.39 is 11.9 Å². The van der Waals surface area contributed by atoms with E-state index in [1.165, 1.54) is 12.8 Å². The Balaban J connectivity index is 1.38. The van der Waals surface area contributed by atoms with E-state index >= 15 is 0 Å². The zero-order valence-electron chi connectivity index (χ0n) is 22.4. The fourth-order valence-electron chi connectivity index (χ4n) is 5.53. The quantitative estimate of drug-likeness (QED) is 0.294. The molecule has 0 bridgehead atoms. The third kappa shape index (κ3) is 6.13. The molecule has 1 saturated carbocycles. The zero-order valence-corrected chi connectivity index (χ0v) is 22.4. The number of benzene rings is 3. The van der Waals surface area contributed by atoms with Gasteiger partial charge in [-0.15, -0.1) is 5.10 Å². The minimum atomic E-state index is -0.907. The van der Waals surface area contributed by atoms with Gasteiger partial charge in [-0.05, 0) is 59.0 Å². The summed E-state index contributed by atoms with van der Waals surface area (Å²) >= 11 is 0. The molecule has 1 aliphatic carbocycles. The molecule has 1 aromatic heterocycles. The average molecular weight is 531 g/mol. The van der Waals surface area contributed by atoms with Crippen LogP contribution in [0.1, 0.15) is 62.0 Å². The summed E-state index contributed by atoms with van der Waals surface area (Å²) in [5.41, 5.74) is 3.02. The number of carbonyl (C=O) groups excluding carboxylic acids is 1. The van der Waals surface area contributed by atoms with Crippen molar-refractivity contribution in [3.8, 4) is 11.5 Å². The Bertz CT molecular complexity index is 1490. The molecule has 0 radical (unpaired) electrons. The highest BCUT2D eigenvalue weighted by Crippen LogP contribution is 2.36. The van der Waals surface area contributed by atoms with Gasteiger partial charge in [-0.2, -0.15) is 0 Å². The molecule has 9 nitrogen and oxygen atoms in total. The van der Waals surface area contributed by atoms with Crippen molar-refractivity contribution >= 4 is 33.7 Å². The largest absolute Gasteiger partial charge is 0.494 e. The van der Waals surface area contributed by atoms with Crippen LogP contribution in [0.15, 0.2) is 48.5 Å². The standard InChI is InChI=1S/C30H34N4O5/c1-34-30-26(32-33-34)15-22(16-27(30)38-2)25(17-29(36)37)20-10-9-19-11-12-24(14-21(19)13-20)39-18-28(35)31-23-7-5-3-4-6-8-23/h9-16,23,25H,3-8,17-18H2,1-2H3,(H,31,35)(H,36,37). The van der Waals surface area contributed by atoms with Crippen molar-refractivity contribution in [2.45, 2.75) is 56.9 Å². The van der Waals surface area contributed by atoms with Crippen molar-refractivity contribution < 1.29 is 24.2 Å². The Morgan fingerprint density at radius 3 is 2.54 bits per heavy atom. The number of methoxy groups -OCH3 is 1. The Morgan fingerprint density at radius 1 is 1.03 bits per heavy atom. The minimum Gasteiger partial charge on any atom is -0.494 e. The number of carboxylic acids is 1. The number of rotatable bonds is 9. The number of hydrogen-bond acceptors (Lipinski definition) is 6. The lowest BCUT2D eigenvalue weighted by atomic mass is 9.87. The summed E-state index contributed by atoms with van der Waals surface area (Å²) in [5.74, 6) is -0.264. The normalized spacial score (nSPS) is 15.1. The summed E-state index contributed by atoms with van der Waals surface area (Å²) in [4.78, 5) is 24.4. The molecule has 5 rings (SSSR count). The number of carboxylic acid groups (broad SMARTS) is 1. The summed E-state index contributed by atoms with van der Waals surface area (Å²) < 4.78 is 13.1. The van der Waals surface area contributed by atoms with E-state index in [1.807, 2.05) is 48.5 Å². The van der Waals surface area contributed by atoms with Crippen molar-refractivity contribution in [2.75, 3.05) is 13.7 Å². The molecular weight excluding hydrogens is 496 g/mol. The van der Waals surface area contributed by atoms with E-state index in [2.05, 4.69) is 15.6 Å². The highest BCUT2D eigenvalue weighted by molar-refractivity contribution is 5.86. The van der Waals surface area contributed by atoms with Crippen molar-refractivity contribution in [1.82, 2.24) is 20.3 Å². The molecule has 1 aliphatic rings. The number of fused-ring (bicyclic) bond motifs is 2. The van der Waals surface area contributed by atoms with E-state index in [0.717, 1.165) is 53.1 Å². The van der Waals surface area contributed by atoms with E-state index in [9.17, 15) is 14.7 Å². The van der Waals surface area contributed by atoms with Crippen LogP contribution in [-0.2, 0) is 16.6 Å². The first kappa shape index (κ1) is 26.5. The molecule has 1 unspecified atom stereocenters. The van der Waals surface area contributed by atoms with Crippen molar-refractivity contribution in [3.63, 3.8) is 0 Å². The van der Waals surface area contributed by atoms with Crippen LogP contribution in [-0.4, -0.2) is 51.7 Å². The number of nitrogens with one attached hydrogen (secondary N) is 1. The van der Waals surface area contributed by atoms with Crippen LogP contribution in [0, 0.1) is 0 Å². The first-order chi connectivity index (χ1) is 18.9. The highest BCUT2D eigenvalue weighted by atomic mass is 16.5. The molecule has 1 atom stereocenters. The SMILES string of the molecule is COc1cc(C(CC(=O)O)c2ccc3ccc(OCC(=O)NC4CCCCCC4)cc3c2)cc2nnn(C)c12. The molecule has 4 aromatic rings. The molecular formula is C30H34N4O5. The second kappa shape index (κ2) is 11.7. The number of aliphatic carboxylic acids is 1. The molecule has 0 spiro atoms. The Hall–Kier alpha value is -4.14. The van der Waals surface area contributed by atoms with Crippen molar-refractivity contribution in [2.24, 2.45) is 7.05 Å². The van der Waals surface area contributed by atoms with Gasteiger partial charge in [0.15, 0.2) is 6.61 Å². The Labute approximate surface area is 227 Å². The van der Waals surface area contributed by atoms with Crippen LogP contribution in [0.3, 0.4) is 0 Å². The topological polar surface area (TPSA) is 116 Å². The molecule has 3 aromatic carbocycles. The molecule has 1 heterocycles. The van der Waals surface area contributed by atoms with Crippen LogP contribution in [0.4, 0.5) is 0 Å². The maximum atomic E-state index is 12.5. The van der Waals surface area contributed by atoms with Gasteiger partial charge in [0.2, 0.25) is 0 Å². The molecule has 1 fully saturated rings. The van der Waals surface area contributed by atoms with Gasteiger partial charge in [0, 0.05) is 19.0 Å². The van der Waals surface area contributed by atoms with Gasteiger partial charge < -0.3 is 19.9 Å². The lowest BCUT2D eigenvalue weighted by Gasteiger charge is -2.18. The van der Waals surface area contributed by atoms with Gasteiger partial charge in [-0.25, -0.2) is 4.68 Å². The lowest BCUT2D eigenvalue weighted by molar-refractivity contribution is -0.137. The molecule has 0 aliphatic heterocycles. The number of ether oxygens (including phenoxy) is 2. The third-order valence-corrected chi connectivity index (χ3v) is 7.52. The number of aryl methyl sites for hydroxylation is 1. The molecule has 0 saturated heterocycles. The second-order valence-electron chi connectivity index (χ2n) is 10.3. The number of aromatic nitrogens is 3. The zero-order chi connectivity index (χ0) is 27.4. The smallest absolute Gasteiger partial charge is 0.304 e. The van der Waals surface area contributed by atoms with Crippen LogP contribution in [0.5, 0.6) is 11.5 Å². The van der Waals surface area contributed by atoms with Gasteiger partial charge in [0.1, 0.15) is 22.5 Å². The van der Waals surface area contributed by atoms with E-state index in [0.29, 0.717) is 17.0 Å². The number of carbonyl (C=O) groups is 2. The molecule has 9 heteroatoms. The first-order valence-electron chi connectivity index (χ1n) is 13.5. The molecule has 2 N–H and O–H groups in total. The van der Waals surface area contributed by atoms with Crippen LogP contribution in [0.25, 0.3) is 21.8 Å². The monoisotopic (exact) mass is 530 g/mol. The maximum Gasteiger partial charge on any atom is 0.304 e. The third-order valence-electron chi connectivity index (χ3n) is 7.52. The summed E-state index contributed by atoms with van der Waals surface area (Å²) in [6.45, 7) is -0.0404. The number of nitrogens with zero attached hydrogens (tertiary/aromatic N) is 3. The van der Waals surface area contributed by atoms with Gasteiger partial charge in [-0.1, -0.05) is 55.2 Å². The average Bonchev–Trinajstić information content (AvgIpc) is 3.13. The van der Waals surface area contributed by atoms with Crippen LogP contribution >= 0.6 is 0 Å². The number of hydrogen-bond donors (Lipinski definition) is 2. The minimum absolute atomic E-state index is 0.0404. The second-order valence-corrected chi connectivity index (χ2v) is 10.3. The van der Waals surface area contributed by atoms with Gasteiger partial charge >= 0.3 is 5.97 Å². The maximum absolute atomic E-state index is 12.5. The summed E-state index contributed by atoms with van der Waals surface area (Å²) in [6.07, 6.45) is 6.73. The Kier molecular flexibility index (Phi) is 7.95. The van der Waals surface area contributed by atoms with E-state index in [4.69, 9.17) is 9.47 Å². The molecule has 1 amide bonds. The van der Waals surface area contributed by atoms with Crippen LogP contribution < -0.4 is 14.8 Å². The predicted molar refractivity (Wildman–Crippen MR) is 148 cm³/mol. The van der Waals surface area contributed by atoms with Crippen molar-refractivity contribution in [3.05, 3.63) is 59.7 Å². The Morgan fingerprint density at radius 2 is 1.79 bits per heavy atom. The molecule has 204 valence electrons. The fraction of sp³-hybridized carbons (Fsp3) is 0.400. The highest BCUT2D eigenvalue weighted by Gasteiger charge is 2.22. The fourth-order valence-corrected chi connectivity index (χ4v) is 5.53. The lowest BCUT2D eigenvalue weighted by Crippen LogP contribution is -2.37. The van der Waals surface area contributed by atoms with Gasteiger partial charge in [-0.3, -0.25) is 9.59 Å². The first-order valence-corrected chi connectivity index (χ1v) is 13.5. The van der Waals surface area contributed by atoms with Crippen LogP contribution in [0.2, 0.25) is 0 Å². The van der Waals surface area contributed by atoms with E-state index in [1.54, 1.807) is 18.8 Å². The van der Waals surface area contributed by atoms with Gasteiger partial charge in [0.25, 0.3) is 5.91 Å². The summed E-state index contributed by atoms with van der Waals surface area (Å²) in [7, 11) is 3.36.